The van der Waals surface area contributed by atoms with Crippen molar-refractivity contribution in [1.82, 2.24) is 4.98 Å². The quantitative estimate of drug-likeness (QED) is 0.681. The van der Waals surface area contributed by atoms with Crippen LogP contribution in [0.1, 0.15) is 10.4 Å². The predicted molar refractivity (Wildman–Crippen MR) is 88.3 cm³/mol. The molecule has 2 aromatic rings. The standard InChI is InChI=1S/C16H16N4O4/c21-16(18-13-3-5-17-6-4-13)12-1-2-14(15(11-12)20(22)23)19-7-9-24-10-8-19/h1-6,11H,7-10H2,(H,17,18,21). The Hall–Kier alpha value is -3.00. The number of carbonyl (C=O) groups is 1. The van der Waals surface area contributed by atoms with Gasteiger partial charge in [-0.1, -0.05) is 0 Å². The molecule has 1 saturated heterocycles. The third kappa shape index (κ3) is 3.49. The molecular weight excluding hydrogens is 312 g/mol. The monoisotopic (exact) mass is 328 g/mol. The lowest BCUT2D eigenvalue weighted by atomic mass is 10.1. The van der Waals surface area contributed by atoms with Crippen molar-refractivity contribution in [3.05, 3.63) is 58.4 Å². The molecule has 24 heavy (non-hydrogen) atoms. The summed E-state index contributed by atoms with van der Waals surface area (Å²) in [6.45, 7) is 2.23. The summed E-state index contributed by atoms with van der Waals surface area (Å²) in [5.41, 5.74) is 1.23. The van der Waals surface area contributed by atoms with Gasteiger partial charge in [-0.15, -0.1) is 0 Å². The topological polar surface area (TPSA) is 97.6 Å². The highest BCUT2D eigenvalue weighted by atomic mass is 16.6. The van der Waals surface area contributed by atoms with Gasteiger partial charge in [0.05, 0.1) is 18.1 Å². The van der Waals surface area contributed by atoms with Crippen LogP contribution >= 0.6 is 0 Å². The molecule has 1 aromatic heterocycles. The van der Waals surface area contributed by atoms with Crippen molar-refractivity contribution in [2.24, 2.45) is 0 Å². The van der Waals surface area contributed by atoms with Crippen molar-refractivity contribution in [3.63, 3.8) is 0 Å². The summed E-state index contributed by atoms with van der Waals surface area (Å²) in [5.74, 6) is -0.405. The molecule has 1 aromatic carbocycles. The summed E-state index contributed by atoms with van der Waals surface area (Å²) < 4.78 is 5.27. The molecule has 1 aliphatic rings. The van der Waals surface area contributed by atoms with Crippen molar-refractivity contribution in [2.75, 3.05) is 36.5 Å². The first-order valence-electron chi connectivity index (χ1n) is 7.47. The first-order chi connectivity index (χ1) is 11.6. The summed E-state index contributed by atoms with van der Waals surface area (Å²) in [5, 5.41) is 14.1. The number of anilines is 2. The molecule has 124 valence electrons. The van der Waals surface area contributed by atoms with E-state index < -0.39 is 10.8 Å². The maximum Gasteiger partial charge on any atom is 0.293 e. The number of pyridine rings is 1. The van der Waals surface area contributed by atoms with Crippen molar-refractivity contribution in [3.8, 4) is 0 Å². The molecule has 0 saturated carbocycles. The number of morpholine rings is 1. The van der Waals surface area contributed by atoms with Crippen LogP contribution < -0.4 is 10.2 Å². The van der Waals surface area contributed by atoms with Gasteiger partial charge in [0.1, 0.15) is 5.69 Å². The van der Waals surface area contributed by atoms with E-state index in [-0.39, 0.29) is 11.3 Å². The summed E-state index contributed by atoms with van der Waals surface area (Å²) in [6.07, 6.45) is 3.11. The van der Waals surface area contributed by atoms with Gasteiger partial charge < -0.3 is 15.0 Å². The van der Waals surface area contributed by atoms with Gasteiger partial charge in [0.2, 0.25) is 0 Å². The van der Waals surface area contributed by atoms with Gasteiger partial charge in [0.25, 0.3) is 11.6 Å². The van der Waals surface area contributed by atoms with E-state index in [1.807, 2.05) is 4.90 Å². The molecule has 0 aliphatic carbocycles. The largest absolute Gasteiger partial charge is 0.378 e. The van der Waals surface area contributed by atoms with Gasteiger partial charge in [0.15, 0.2) is 0 Å². The highest BCUT2D eigenvalue weighted by Crippen LogP contribution is 2.30. The van der Waals surface area contributed by atoms with E-state index in [0.29, 0.717) is 37.7 Å². The zero-order valence-corrected chi connectivity index (χ0v) is 12.8. The number of carbonyl (C=O) groups excluding carboxylic acids is 1. The summed E-state index contributed by atoms with van der Waals surface area (Å²) >= 11 is 0. The van der Waals surface area contributed by atoms with Crippen molar-refractivity contribution < 1.29 is 14.5 Å². The highest BCUT2D eigenvalue weighted by molar-refractivity contribution is 6.05. The van der Waals surface area contributed by atoms with Crippen LogP contribution in [-0.2, 0) is 4.74 Å². The van der Waals surface area contributed by atoms with Gasteiger partial charge >= 0.3 is 0 Å². The molecule has 0 bridgehead atoms. The molecule has 1 N–H and O–H groups in total. The molecule has 2 heterocycles. The normalized spacial score (nSPS) is 14.2. The number of benzene rings is 1. The number of nitrogens with one attached hydrogen (secondary N) is 1. The summed E-state index contributed by atoms with van der Waals surface area (Å²) in [4.78, 5) is 29.0. The molecule has 3 rings (SSSR count). The molecule has 8 heteroatoms. The third-order valence-electron chi connectivity index (χ3n) is 3.72. The number of nitro benzene ring substituents is 1. The zero-order valence-electron chi connectivity index (χ0n) is 12.8. The van der Waals surface area contributed by atoms with E-state index in [2.05, 4.69) is 10.3 Å². The van der Waals surface area contributed by atoms with Crippen LogP contribution in [-0.4, -0.2) is 42.1 Å². The molecule has 0 unspecified atom stereocenters. The fraction of sp³-hybridized carbons (Fsp3) is 0.250. The van der Waals surface area contributed by atoms with Crippen LogP contribution in [0.5, 0.6) is 0 Å². The smallest absolute Gasteiger partial charge is 0.293 e. The molecular formula is C16H16N4O4. The average Bonchev–Trinajstić information content (AvgIpc) is 2.62. The molecule has 8 nitrogen and oxygen atoms in total. The summed E-state index contributed by atoms with van der Waals surface area (Å²) in [7, 11) is 0. The number of hydrogen-bond donors (Lipinski definition) is 1. The van der Waals surface area contributed by atoms with Gasteiger partial charge in [0, 0.05) is 42.8 Å². The van der Waals surface area contributed by atoms with Crippen molar-refractivity contribution >= 4 is 23.0 Å². The Kier molecular flexibility index (Phi) is 4.66. The second-order valence-electron chi connectivity index (χ2n) is 5.25. The van der Waals surface area contributed by atoms with Crippen LogP contribution in [0.2, 0.25) is 0 Å². The average molecular weight is 328 g/mol. The second kappa shape index (κ2) is 7.05. The molecule has 1 aliphatic heterocycles. The SMILES string of the molecule is O=C(Nc1ccncc1)c1ccc(N2CCOCC2)c([N+](=O)[O-])c1. The fourth-order valence-corrected chi connectivity index (χ4v) is 2.52. The van der Waals surface area contributed by atoms with Crippen LogP contribution in [0, 0.1) is 10.1 Å². The van der Waals surface area contributed by atoms with E-state index in [9.17, 15) is 14.9 Å². The third-order valence-corrected chi connectivity index (χ3v) is 3.72. The lowest BCUT2D eigenvalue weighted by molar-refractivity contribution is -0.384. The molecule has 1 amide bonds. The zero-order chi connectivity index (χ0) is 16.9. The van der Waals surface area contributed by atoms with E-state index in [1.165, 1.54) is 6.07 Å². The molecule has 0 radical (unpaired) electrons. The van der Waals surface area contributed by atoms with E-state index in [4.69, 9.17) is 4.74 Å². The first-order valence-corrected chi connectivity index (χ1v) is 7.47. The van der Waals surface area contributed by atoms with E-state index >= 15 is 0 Å². The van der Waals surface area contributed by atoms with Crippen molar-refractivity contribution in [2.45, 2.75) is 0 Å². The Bertz CT molecular complexity index is 745. The maximum absolute atomic E-state index is 12.3. The van der Waals surface area contributed by atoms with E-state index in [0.717, 1.165) is 0 Å². The van der Waals surface area contributed by atoms with Gasteiger partial charge in [-0.05, 0) is 24.3 Å². The lowest BCUT2D eigenvalue weighted by Gasteiger charge is -2.28. The Morgan fingerprint density at radius 1 is 1.21 bits per heavy atom. The minimum atomic E-state index is -0.464. The van der Waals surface area contributed by atoms with Crippen molar-refractivity contribution in [1.29, 1.82) is 0 Å². The Labute approximate surface area is 138 Å². The number of nitrogens with zero attached hydrogens (tertiary/aromatic N) is 3. The number of ether oxygens (including phenoxy) is 1. The first kappa shape index (κ1) is 15.9. The van der Waals surface area contributed by atoms with Gasteiger partial charge in [-0.2, -0.15) is 0 Å². The van der Waals surface area contributed by atoms with Crippen LogP contribution in [0.4, 0.5) is 17.1 Å². The highest BCUT2D eigenvalue weighted by Gasteiger charge is 2.23. The minimum Gasteiger partial charge on any atom is -0.378 e. The van der Waals surface area contributed by atoms with Gasteiger partial charge in [-0.25, -0.2) is 0 Å². The fourth-order valence-electron chi connectivity index (χ4n) is 2.52. The minimum absolute atomic E-state index is 0.0840. The van der Waals surface area contributed by atoms with Crippen LogP contribution in [0.25, 0.3) is 0 Å². The molecule has 1 fully saturated rings. The second-order valence-corrected chi connectivity index (χ2v) is 5.25. The number of aromatic nitrogens is 1. The van der Waals surface area contributed by atoms with Crippen LogP contribution in [0.3, 0.4) is 0 Å². The molecule has 0 atom stereocenters. The van der Waals surface area contributed by atoms with Crippen LogP contribution in [0.15, 0.2) is 42.7 Å². The number of rotatable bonds is 4. The predicted octanol–water partition coefficient (Wildman–Crippen LogP) is 2.08. The number of amides is 1. The lowest BCUT2D eigenvalue weighted by Crippen LogP contribution is -2.36. The van der Waals surface area contributed by atoms with E-state index in [1.54, 1.807) is 36.7 Å². The number of hydrogen-bond acceptors (Lipinski definition) is 6. The maximum atomic E-state index is 12.3. The van der Waals surface area contributed by atoms with Gasteiger partial charge in [-0.3, -0.25) is 19.9 Å². The summed E-state index contributed by atoms with van der Waals surface area (Å²) in [6, 6.07) is 7.81. The Morgan fingerprint density at radius 2 is 1.92 bits per heavy atom. The molecule has 0 spiro atoms. The Morgan fingerprint density at radius 3 is 2.58 bits per heavy atom. The number of nitro groups is 1. The Balaban J connectivity index is 1.85.